The molecule has 0 aliphatic carbocycles. The minimum absolute atomic E-state index is 0.0697. The van der Waals surface area contributed by atoms with E-state index in [1.165, 1.54) is 4.90 Å². The third kappa shape index (κ3) is 14.1. The molecule has 15 heteroatoms. The molecular formula is C42H67N5O10. The number of esters is 1. The highest BCUT2D eigenvalue weighted by Gasteiger charge is 2.57. The number of nitrogens with one attached hydrogen (secondary N) is 4. The van der Waals surface area contributed by atoms with Gasteiger partial charge in [0.1, 0.15) is 17.7 Å². The molecular weight excluding hydrogens is 734 g/mol. The number of carbonyl (C=O) groups excluding carboxylic acids is 6. The van der Waals surface area contributed by atoms with Gasteiger partial charge in [-0.15, -0.1) is 0 Å². The number of urea groups is 1. The number of ether oxygens (including phenoxy) is 3. The van der Waals surface area contributed by atoms with Crippen LogP contribution < -0.4 is 21.3 Å². The SMILES string of the molecule is CCCCC(NC(=O)[C@@H]1[C@H]2CC(C)(C)O[C@H]2CN1C(=O)[C@@H](NC(=O)N[C@@H](C(C)C)C(O)OCc1ccccc1)C(C)(C)C)C(=O)C(=O)NCCC(=O)OC(C)(C)C. The number of hydrogen-bond acceptors (Lipinski definition) is 10. The van der Waals surface area contributed by atoms with Crippen LogP contribution in [0.2, 0.25) is 0 Å². The van der Waals surface area contributed by atoms with Crippen LogP contribution in [0.15, 0.2) is 30.3 Å². The van der Waals surface area contributed by atoms with Crippen LogP contribution in [0.3, 0.4) is 0 Å². The smallest absolute Gasteiger partial charge is 0.315 e. The first kappa shape index (κ1) is 47.3. The van der Waals surface area contributed by atoms with Crippen molar-refractivity contribution < 1.29 is 48.1 Å². The van der Waals surface area contributed by atoms with Crippen molar-refractivity contribution in [1.82, 2.24) is 26.2 Å². The van der Waals surface area contributed by atoms with E-state index < -0.39 is 94.6 Å². The quantitative estimate of drug-likeness (QED) is 0.0828. The van der Waals surface area contributed by atoms with Crippen LogP contribution in [0.5, 0.6) is 0 Å². The molecule has 2 heterocycles. The highest BCUT2D eigenvalue weighted by molar-refractivity contribution is 6.38. The zero-order valence-electron chi connectivity index (χ0n) is 35.7. The second-order valence-corrected chi connectivity index (χ2v) is 18.3. The summed E-state index contributed by atoms with van der Waals surface area (Å²) in [6.45, 7) is 20.0. The summed E-state index contributed by atoms with van der Waals surface area (Å²) in [6.07, 6.45) is -0.118. The molecule has 1 aromatic carbocycles. The van der Waals surface area contributed by atoms with Gasteiger partial charge in [0.15, 0.2) is 6.29 Å². The summed E-state index contributed by atoms with van der Waals surface area (Å²) in [5, 5.41) is 21.8. The predicted molar refractivity (Wildman–Crippen MR) is 213 cm³/mol. The van der Waals surface area contributed by atoms with E-state index in [2.05, 4.69) is 21.3 Å². The summed E-state index contributed by atoms with van der Waals surface area (Å²) in [7, 11) is 0. The standard InChI is InChI=1S/C42H67N5O10/c1-12-13-19-28(33(49)36(51)43-21-20-30(48)57-41(7,8)9)44-35(50)32-27-22-42(10,11)56-29(27)23-47(32)37(52)34(40(4,5)6)46-39(54)45-31(25(2)3)38(53)55-24-26-17-15-14-16-18-26/h14-18,25,27-29,31-32,34,38,53H,12-13,19-24H2,1-11H3,(H,43,51)(H,44,50)(H2,45,46,54)/t27-,28?,29-,31-,32-,34+,38?/m0/s1. The Kier molecular flexibility index (Phi) is 16.6. The number of benzene rings is 1. The molecule has 5 N–H and O–H groups in total. The van der Waals surface area contributed by atoms with E-state index in [9.17, 15) is 33.9 Å². The van der Waals surface area contributed by atoms with Gasteiger partial charge in [0, 0.05) is 19.0 Å². The first-order valence-electron chi connectivity index (χ1n) is 20.2. The van der Waals surface area contributed by atoms with Gasteiger partial charge in [-0.3, -0.25) is 24.0 Å². The van der Waals surface area contributed by atoms with Crippen molar-refractivity contribution in [3.8, 4) is 0 Å². The highest BCUT2D eigenvalue weighted by Crippen LogP contribution is 2.43. The van der Waals surface area contributed by atoms with Gasteiger partial charge >= 0.3 is 12.0 Å². The molecule has 0 bridgehead atoms. The fraction of sp³-hybridized carbons (Fsp3) is 0.714. The van der Waals surface area contributed by atoms with E-state index in [0.717, 1.165) is 5.56 Å². The summed E-state index contributed by atoms with van der Waals surface area (Å²) < 4.78 is 17.3. The molecule has 2 saturated heterocycles. The number of rotatable bonds is 18. The average molecular weight is 802 g/mol. The Morgan fingerprint density at radius 3 is 2.21 bits per heavy atom. The van der Waals surface area contributed by atoms with Crippen molar-refractivity contribution >= 4 is 35.5 Å². The minimum Gasteiger partial charge on any atom is -0.460 e. The molecule has 3 rings (SSSR count). The van der Waals surface area contributed by atoms with E-state index in [4.69, 9.17) is 14.2 Å². The van der Waals surface area contributed by atoms with Crippen LogP contribution in [0, 0.1) is 17.3 Å². The van der Waals surface area contributed by atoms with E-state index in [1.54, 1.807) is 41.5 Å². The van der Waals surface area contributed by atoms with Gasteiger partial charge in [-0.25, -0.2) is 4.79 Å². The van der Waals surface area contributed by atoms with Gasteiger partial charge in [0.25, 0.3) is 5.91 Å². The first-order valence-corrected chi connectivity index (χ1v) is 20.2. The summed E-state index contributed by atoms with van der Waals surface area (Å²) in [5.41, 5.74) is -1.26. The third-order valence-corrected chi connectivity index (χ3v) is 10.1. The number of ketones is 1. The molecule has 0 radical (unpaired) electrons. The van der Waals surface area contributed by atoms with Crippen LogP contribution in [0.1, 0.15) is 114 Å². The summed E-state index contributed by atoms with van der Waals surface area (Å²) >= 11 is 0. The molecule has 2 aliphatic rings. The van der Waals surface area contributed by atoms with Gasteiger partial charge < -0.3 is 45.5 Å². The summed E-state index contributed by atoms with van der Waals surface area (Å²) in [4.78, 5) is 82.6. The second-order valence-electron chi connectivity index (χ2n) is 18.3. The Balaban J connectivity index is 1.80. The molecule has 2 unspecified atom stereocenters. The van der Waals surface area contributed by atoms with Crippen LogP contribution in [0.4, 0.5) is 4.79 Å². The number of fused-ring (bicyclic) bond motifs is 1. The number of amides is 5. The topological polar surface area (TPSA) is 202 Å². The van der Waals surface area contributed by atoms with Gasteiger partial charge in [-0.2, -0.15) is 0 Å². The van der Waals surface area contributed by atoms with Crippen molar-refractivity contribution in [2.75, 3.05) is 13.1 Å². The molecule has 320 valence electrons. The molecule has 2 fully saturated rings. The third-order valence-electron chi connectivity index (χ3n) is 10.1. The molecule has 7 atom stereocenters. The van der Waals surface area contributed by atoms with Gasteiger partial charge in [-0.1, -0.05) is 84.7 Å². The van der Waals surface area contributed by atoms with Crippen molar-refractivity contribution in [2.24, 2.45) is 17.3 Å². The number of aliphatic hydroxyl groups excluding tert-OH is 1. The van der Waals surface area contributed by atoms with Gasteiger partial charge in [-0.05, 0) is 64.4 Å². The molecule has 0 spiro atoms. The lowest BCUT2D eigenvalue weighted by molar-refractivity contribution is -0.154. The maximum absolute atomic E-state index is 14.6. The molecule has 5 amide bonds. The summed E-state index contributed by atoms with van der Waals surface area (Å²) in [6, 6.07) is 4.41. The predicted octanol–water partition coefficient (Wildman–Crippen LogP) is 3.75. The van der Waals surface area contributed by atoms with Crippen molar-refractivity contribution in [3.05, 3.63) is 35.9 Å². The number of likely N-dealkylation sites (tertiary alicyclic amines) is 1. The van der Waals surface area contributed by atoms with Gasteiger partial charge in [0.05, 0.1) is 36.8 Å². The minimum atomic E-state index is -1.35. The van der Waals surface area contributed by atoms with Crippen molar-refractivity contribution in [2.45, 2.75) is 163 Å². The van der Waals surface area contributed by atoms with Crippen molar-refractivity contribution in [3.63, 3.8) is 0 Å². The fourth-order valence-corrected chi connectivity index (χ4v) is 7.25. The lowest BCUT2D eigenvalue weighted by Gasteiger charge is -2.37. The number of nitrogens with zero attached hydrogens (tertiary/aromatic N) is 1. The Morgan fingerprint density at radius 2 is 1.63 bits per heavy atom. The lowest BCUT2D eigenvalue weighted by atomic mass is 9.85. The monoisotopic (exact) mass is 801 g/mol. The largest absolute Gasteiger partial charge is 0.460 e. The molecule has 57 heavy (non-hydrogen) atoms. The average Bonchev–Trinajstić information content (AvgIpc) is 3.60. The Labute approximate surface area is 338 Å². The molecule has 15 nitrogen and oxygen atoms in total. The number of unbranched alkanes of at least 4 members (excludes halogenated alkanes) is 1. The van der Waals surface area contributed by atoms with E-state index in [1.807, 2.05) is 65.0 Å². The Morgan fingerprint density at radius 1 is 0.982 bits per heavy atom. The number of Topliss-reactive ketones (excluding diaryl/α,β-unsaturated/α-hetero) is 1. The fourth-order valence-electron chi connectivity index (χ4n) is 7.25. The number of hydrogen-bond donors (Lipinski definition) is 5. The van der Waals surface area contributed by atoms with Crippen LogP contribution in [0.25, 0.3) is 0 Å². The zero-order chi connectivity index (χ0) is 42.9. The van der Waals surface area contributed by atoms with Crippen LogP contribution >= 0.6 is 0 Å². The van der Waals surface area contributed by atoms with Gasteiger partial charge in [0.2, 0.25) is 17.6 Å². The highest BCUT2D eigenvalue weighted by atomic mass is 16.6. The van der Waals surface area contributed by atoms with E-state index in [-0.39, 0.29) is 38.5 Å². The number of aliphatic hydroxyl groups is 1. The maximum atomic E-state index is 14.6. The number of carbonyl (C=O) groups is 6. The first-order chi connectivity index (χ1) is 26.4. The normalized spacial score (nSPS) is 21.1. The zero-order valence-corrected chi connectivity index (χ0v) is 35.7. The molecule has 0 aromatic heterocycles. The Bertz CT molecular complexity index is 1550. The van der Waals surface area contributed by atoms with Crippen molar-refractivity contribution in [1.29, 1.82) is 0 Å². The van der Waals surface area contributed by atoms with E-state index in [0.29, 0.717) is 19.3 Å². The molecule has 0 saturated carbocycles. The molecule has 2 aliphatic heterocycles. The summed E-state index contributed by atoms with van der Waals surface area (Å²) in [5.74, 6) is -4.13. The second kappa shape index (κ2) is 20.1. The van der Waals surface area contributed by atoms with E-state index >= 15 is 0 Å². The Hall–Kier alpha value is -4.08. The maximum Gasteiger partial charge on any atom is 0.315 e. The lowest BCUT2D eigenvalue weighted by Crippen LogP contribution is -2.62. The van der Waals surface area contributed by atoms with Crippen LogP contribution in [-0.2, 0) is 44.8 Å². The molecule has 1 aromatic rings. The van der Waals surface area contributed by atoms with Crippen LogP contribution in [-0.4, -0.2) is 106 Å².